The summed E-state index contributed by atoms with van der Waals surface area (Å²) in [6, 6.07) is 5.73. The molecule has 0 radical (unpaired) electrons. The van der Waals surface area contributed by atoms with E-state index in [-0.39, 0.29) is 5.56 Å². The molecule has 0 spiro atoms. The predicted molar refractivity (Wildman–Crippen MR) is 82.9 cm³/mol. The van der Waals surface area contributed by atoms with Gasteiger partial charge in [-0.3, -0.25) is 9.80 Å². The second-order valence-electron chi connectivity index (χ2n) is 6.03. The van der Waals surface area contributed by atoms with Crippen molar-refractivity contribution in [2.24, 2.45) is 0 Å². The summed E-state index contributed by atoms with van der Waals surface area (Å²) < 4.78 is 0. The average molecular weight is 309 g/mol. The number of aromatic carboxylic acids is 1. The van der Waals surface area contributed by atoms with Crippen LogP contribution in [0.2, 0.25) is 5.02 Å². The minimum Gasteiger partial charge on any atom is -0.478 e. The summed E-state index contributed by atoms with van der Waals surface area (Å²) >= 11 is 6.24. The highest BCUT2D eigenvalue weighted by Crippen LogP contribution is 2.24. The van der Waals surface area contributed by atoms with E-state index in [2.05, 4.69) is 9.80 Å². The molecule has 4 nitrogen and oxygen atoms in total. The van der Waals surface area contributed by atoms with Gasteiger partial charge in [0.1, 0.15) is 0 Å². The minimum atomic E-state index is -0.931. The van der Waals surface area contributed by atoms with Crippen molar-refractivity contribution in [1.82, 2.24) is 9.80 Å². The maximum absolute atomic E-state index is 11.0. The Morgan fingerprint density at radius 2 is 2.10 bits per heavy atom. The average Bonchev–Trinajstić information content (AvgIpc) is 2.79. The second kappa shape index (κ2) is 6.34. The number of hydrogen-bond donors (Lipinski definition) is 1. The molecule has 1 unspecified atom stereocenters. The largest absolute Gasteiger partial charge is 0.478 e. The lowest BCUT2D eigenvalue weighted by Crippen LogP contribution is -2.36. The van der Waals surface area contributed by atoms with Crippen LogP contribution in [0.15, 0.2) is 18.2 Å². The highest BCUT2D eigenvalue weighted by atomic mass is 35.5. The van der Waals surface area contributed by atoms with Crippen molar-refractivity contribution in [2.45, 2.75) is 31.8 Å². The first kappa shape index (κ1) is 14.8. The fourth-order valence-electron chi connectivity index (χ4n) is 3.48. The number of carbonyl (C=O) groups is 1. The topological polar surface area (TPSA) is 43.8 Å². The molecule has 0 amide bonds. The van der Waals surface area contributed by atoms with E-state index in [1.807, 2.05) is 6.07 Å². The molecule has 114 valence electrons. The molecule has 1 aromatic carbocycles. The highest BCUT2D eigenvalue weighted by Gasteiger charge is 2.28. The van der Waals surface area contributed by atoms with Crippen LogP contribution in [-0.2, 0) is 6.54 Å². The summed E-state index contributed by atoms with van der Waals surface area (Å²) in [6.07, 6.45) is 3.80. The van der Waals surface area contributed by atoms with Gasteiger partial charge in [0, 0.05) is 24.2 Å². The molecule has 2 aliphatic heterocycles. The summed E-state index contributed by atoms with van der Waals surface area (Å²) in [5.74, 6) is -0.931. The molecule has 2 heterocycles. The molecule has 0 saturated carbocycles. The predicted octanol–water partition coefficient (Wildman–Crippen LogP) is 2.71. The lowest BCUT2D eigenvalue weighted by Gasteiger charge is -2.25. The molecule has 2 fully saturated rings. The SMILES string of the molecule is O=C(O)c1ccc(CN2CCCN3CCCC3C2)c(Cl)c1. The molecular formula is C16H21ClN2O2. The van der Waals surface area contributed by atoms with Gasteiger partial charge in [0.05, 0.1) is 5.56 Å². The second-order valence-corrected chi connectivity index (χ2v) is 6.44. The zero-order valence-corrected chi connectivity index (χ0v) is 12.9. The van der Waals surface area contributed by atoms with Gasteiger partial charge in [-0.25, -0.2) is 4.79 Å². The van der Waals surface area contributed by atoms with Gasteiger partial charge in [-0.1, -0.05) is 17.7 Å². The molecule has 21 heavy (non-hydrogen) atoms. The first-order valence-corrected chi connectivity index (χ1v) is 7.99. The van der Waals surface area contributed by atoms with Gasteiger partial charge in [-0.15, -0.1) is 0 Å². The third kappa shape index (κ3) is 3.39. The molecule has 2 aliphatic rings. The summed E-state index contributed by atoms with van der Waals surface area (Å²) in [6.45, 7) is 5.43. The summed E-state index contributed by atoms with van der Waals surface area (Å²) in [5, 5.41) is 9.54. The maximum Gasteiger partial charge on any atom is 0.335 e. The van der Waals surface area contributed by atoms with E-state index in [1.165, 1.54) is 32.4 Å². The smallest absolute Gasteiger partial charge is 0.335 e. The minimum absolute atomic E-state index is 0.251. The number of rotatable bonds is 3. The summed E-state index contributed by atoms with van der Waals surface area (Å²) in [7, 11) is 0. The van der Waals surface area contributed by atoms with Crippen LogP contribution in [0.4, 0.5) is 0 Å². The standard InChI is InChI=1S/C16H21ClN2O2/c17-15-9-12(16(20)21)4-5-13(15)10-18-6-2-8-19-7-1-3-14(19)11-18/h4-5,9,14H,1-3,6-8,10-11H2,(H,20,21). The van der Waals surface area contributed by atoms with E-state index in [0.717, 1.165) is 25.2 Å². The van der Waals surface area contributed by atoms with Crippen molar-refractivity contribution in [3.8, 4) is 0 Å². The Hall–Kier alpha value is -1.10. The zero-order chi connectivity index (χ0) is 14.8. The van der Waals surface area contributed by atoms with Gasteiger partial charge >= 0.3 is 5.97 Å². The number of halogens is 1. The fourth-order valence-corrected chi connectivity index (χ4v) is 3.72. The molecule has 1 aromatic rings. The molecule has 3 rings (SSSR count). The van der Waals surface area contributed by atoms with Crippen molar-refractivity contribution in [3.05, 3.63) is 34.3 Å². The third-order valence-electron chi connectivity index (χ3n) is 4.58. The van der Waals surface area contributed by atoms with Gasteiger partial charge < -0.3 is 5.11 Å². The van der Waals surface area contributed by atoms with E-state index in [9.17, 15) is 4.79 Å². The summed E-state index contributed by atoms with van der Waals surface area (Å²) in [4.78, 5) is 16.0. The van der Waals surface area contributed by atoms with Crippen LogP contribution in [-0.4, -0.2) is 53.1 Å². The van der Waals surface area contributed by atoms with Crippen LogP contribution in [0.25, 0.3) is 0 Å². The van der Waals surface area contributed by atoms with Crippen LogP contribution >= 0.6 is 11.6 Å². The van der Waals surface area contributed by atoms with Crippen LogP contribution in [0.1, 0.15) is 35.2 Å². The van der Waals surface area contributed by atoms with Gasteiger partial charge in [-0.05, 0) is 56.6 Å². The van der Waals surface area contributed by atoms with Crippen LogP contribution in [0.5, 0.6) is 0 Å². The van der Waals surface area contributed by atoms with Crippen LogP contribution < -0.4 is 0 Å². The molecular weight excluding hydrogens is 288 g/mol. The van der Waals surface area contributed by atoms with E-state index in [1.54, 1.807) is 12.1 Å². The van der Waals surface area contributed by atoms with Crippen molar-refractivity contribution in [3.63, 3.8) is 0 Å². The lowest BCUT2D eigenvalue weighted by molar-refractivity contribution is 0.0697. The Labute approximate surface area is 130 Å². The Balaban J connectivity index is 1.69. The molecule has 5 heteroatoms. The third-order valence-corrected chi connectivity index (χ3v) is 4.93. The molecule has 1 atom stereocenters. The maximum atomic E-state index is 11.0. The van der Waals surface area contributed by atoms with E-state index < -0.39 is 5.97 Å². The summed E-state index contributed by atoms with van der Waals surface area (Å²) in [5.41, 5.74) is 1.27. The van der Waals surface area contributed by atoms with Crippen LogP contribution in [0, 0.1) is 0 Å². The van der Waals surface area contributed by atoms with E-state index in [0.29, 0.717) is 11.1 Å². The van der Waals surface area contributed by atoms with Gasteiger partial charge in [0.25, 0.3) is 0 Å². The first-order valence-electron chi connectivity index (χ1n) is 7.61. The van der Waals surface area contributed by atoms with Crippen molar-refractivity contribution in [2.75, 3.05) is 26.2 Å². The number of fused-ring (bicyclic) bond motifs is 1. The van der Waals surface area contributed by atoms with Crippen molar-refractivity contribution in [1.29, 1.82) is 0 Å². The highest BCUT2D eigenvalue weighted by molar-refractivity contribution is 6.31. The Morgan fingerprint density at radius 3 is 2.86 bits per heavy atom. The molecule has 0 aliphatic carbocycles. The normalized spacial score (nSPS) is 23.8. The number of benzene rings is 1. The van der Waals surface area contributed by atoms with Crippen molar-refractivity contribution >= 4 is 17.6 Å². The molecule has 0 aromatic heterocycles. The van der Waals surface area contributed by atoms with Gasteiger partial charge in [0.15, 0.2) is 0 Å². The van der Waals surface area contributed by atoms with E-state index in [4.69, 9.17) is 16.7 Å². The molecule has 1 N–H and O–H groups in total. The monoisotopic (exact) mass is 308 g/mol. The first-order chi connectivity index (χ1) is 10.1. The zero-order valence-electron chi connectivity index (χ0n) is 12.1. The Kier molecular flexibility index (Phi) is 4.48. The Bertz CT molecular complexity index is 535. The van der Waals surface area contributed by atoms with Crippen molar-refractivity contribution < 1.29 is 9.90 Å². The number of carboxylic acids is 1. The van der Waals surface area contributed by atoms with Gasteiger partial charge in [0.2, 0.25) is 0 Å². The fraction of sp³-hybridized carbons (Fsp3) is 0.562. The van der Waals surface area contributed by atoms with E-state index >= 15 is 0 Å². The number of nitrogens with zero attached hydrogens (tertiary/aromatic N) is 2. The van der Waals surface area contributed by atoms with Gasteiger partial charge in [-0.2, -0.15) is 0 Å². The lowest BCUT2D eigenvalue weighted by atomic mass is 10.1. The Morgan fingerprint density at radius 1 is 1.29 bits per heavy atom. The van der Waals surface area contributed by atoms with Crippen LogP contribution in [0.3, 0.4) is 0 Å². The quantitative estimate of drug-likeness (QED) is 0.932. The molecule has 0 bridgehead atoms. The number of hydrogen-bond acceptors (Lipinski definition) is 3. The molecule has 2 saturated heterocycles. The number of carboxylic acid groups (broad SMARTS) is 1.